The summed E-state index contributed by atoms with van der Waals surface area (Å²) in [6, 6.07) is 13.2. The van der Waals surface area contributed by atoms with Crippen molar-refractivity contribution in [3.05, 3.63) is 76.7 Å². The van der Waals surface area contributed by atoms with Crippen LogP contribution in [0.4, 0.5) is 5.69 Å². The van der Waals surface area contributed by atoms with Crippen molar-refractivity contribution in [1.82, 2.24) is 19.9 Å². The zero-order chi connectivity index (χ0) is 18.8. The summed E-state index contributed by atoms with van der Waals surface area (Å²) in [6.45, 7) is 1.81. The number of nitrogens with zero attached hydrogens (tertiary/aromatic N) is 5. The zero-order valence-corrected chi connectivity index (χ0v) is 14.2. The Labute approximate surface area is 153 Å². The fourth-order valence-electron chi connectivity index (χ4n) is 2.61. The van der Waals surface area contributed by atoms with Crippen LogP contribution in [0.1, 0.15) is 5.69 Å². The van der Waals surface area contributed by atoms with Crippen LogP contribution in [-0.2, 0) is 0 Å². The molecule has 0 N–H and O–H groups in total. The van der Waals surface area contributed by atoms with Gasteiger partial charge in [-0.05, 0) is 19.1 Å². The minimum atomic E-state index is -0.452. The fourth-order valence-corrected chi connectivity index (χ4v) is 2.61. The Morgan fingerprint density at radius 2 is 1.78 bits per heavy atom. The molecule has 0 saturated heterocycles. The molecule has 132 valence electrons. The van der Waals surface area contributed by atoms with Crippen LogP contribution in [0.15, 0.2) is 60.9 Å². The second kappa shape index (κ2) is 6.75. The molecule has 0 aliphatic carbocycles. The Morgan fingerprint density at radius 3 is 2.59 bits per heavy atom. The monoisotopic (exact) mass is 359 g/mol. The molecule has 0 bridgehead atoms. The van der Waals surface area contributed by atoms with E-state index in [0.29, 0.717) is 34.2 Å². The number of ether oxygens (including phenoxy) is 1. The molecule has 2 aromatic carbocycles. The van der Waals surface area contributed by atoms with Gasteiger partial charge in [-0.3, -0.25) is 20.1 Å². The standard InChI is InChI=1S/C19H13N5O3/c1-12-9-18(27-15-5-6-16-17(11-15)21-8-7-20-16)23-19(22-12)13-3-2-4-14(10-13)24(25)26/h2-11H,1H3. The molecule has 0 amide bonds. The highest BCUT2D eigenvalue weighted by molar-refractivity contribution is 5.75. The van der Waals surface area contributed by atoms with Crippen molar-refractivity contribution in [2.75, 3.05) is 0 Å². The molecule has 2 aromatic heterocycles. The van der Waals surface area contributed by atoms with Crippen molar-refractivity contribution < 1.29 is 9.66 Å². The van der Waals surface area contributed by atoms with Crippen LogP contribution in [0.5, 0.6) is 11.6 Å². The van der Waals surface area contributed by atoms with Crippen molar-refractivity contribution in [3.8, 4) is 23.0 Å². The summed E-state index contributed by atoms with van der Waals surface area (Å²) in [4.78, 5) is 27.8. The molecular weight excluding hydrogens is 346 g/mol. The van der Waals surface area contributed by atoms with Crippen LogP contribution in [0.3, 0.4) is 0 Å². The van der Waals surface area contributed by atoms with E-state index in [4.69, 9.17) is 4.74 Å². The lowest BCUT2D eigenvalue weighted by Crippen LogP contribution is -1.97. The highest BCUT2D eigenvalue weighted by Gasteiger charge is 2.11. The first kappa shape index (κ1) is 16.5. The van der Waals surface area contributed by atoms with Gasteiger partial charge >= 0.3 is 0 Å². The van der Waals surface area contributed by atoms with Gasteiger partial charge in [0.05, 0.1) is 16.0 Å². The normalized spacial score (nSPS) is 10.7. The SMILES string of the molecule is Cc1cc(Oc2ccc3nccnc3c2)nc(-c2cccc([N+](=O)[O-])c2)n1. The molecule has 8 heteroatoms. The first-order valence-electron chi connectivity index (χ1n) is 8.08. The summed E-state index contributed by atoms with van der Waals surface area (Å²) in [5.74, 6) is 1.26. The molecule has 4 rings (SSSR count). The van der Waals surface area contributed by atoms with Crippen LogP contribution >= 0.6 is 0 Å². The lowest BCUT2D eigenvalue weighted by Gasteiger charge is -2.08. The summed E-state index contributed by atoms with van der Waals surface area (Å²) in [7, 11) is 0. The van der Waals surface area contributed by atoms with E-state index in [9.17, 15) is 10.1 Å². The van der Waals surface area contributed by atoms with Crippen LogP contribution in [0.2, 0.25) is 0 Å². The predicted octanol–water partition coefficient (Wildman–Crippen LogP) is 4.10. The summed E-state index contributed by atoms with van der Waals surface area (Å²) in [6.07, 6.45) is 3.24. The van der Waals surface area contributed by atoms with E-state index in [-0.39, 0.29) is 5.69 Å². The van der Waals surface area contributed by atoms with Crippen molar-refractivity contribution in [2.45, 2.75) is 6.92 Å². The predicted molar refractivity (Wildman–Crippen MR) is 98.5 cm³/mol. The molecule has 0 aliphatic heterocycles. The largest absolute Gasteiger partial charge is 0.439 e. The number of aryl methyl sites for hydroxylation is 1. The molecule has 0 aliphatic rings. The third kappa shape index (κ3) is 3.54. The number of non-ortho nitro benzene ring substituents is 1. The van der Waals surface area contributed by atoms with Gasteiger partial charge in [0.25, 0.3) is 5.69 Å². The van der Waals surface area contributed by atoms with Gasteiger partial charge in [-0.2, -0.15) is 4.98 Å². The minimum Gasteiger partial charge on any atom is -0.439 e. The summed E-state index contributed by atoms with van der Waals surface area (Å²) >= 11 is 0. The second-order valence-electron chi connectivity index (χ2n) is 5.79. The summed E-state index contributed by atoms with van der Waals surface area (Å²) < 4.78 is 5.85. The number of hydrogen-bond donors (Lipinski definition) is 0. The average Bonchev–Trinajstić information content (AvgIpc) is 2.67. The first-order chi connectivity index (χ1) is 13.1. The molecule has 27 heavy (non-hydrogen) atoms. The smallest absolute Gasteiger partial charge is 0.270 e. The van der Waals surface area contributed by atoms with Gasteiger partial charge in [-0.25, -0.2) is 4.98 Å². The molecule has 8 nitrogen and oxygen atoms in total. The van der Waals surface area contributed by atoms with Crippen LogP contribution < -0.4 is 4.74 Å². The van der Waals surface area contributed by atoms with E-state index in [1.807, 2.05) is 6.07 Å². The molecule has 0 atom stereocenters. The lowest BCUT2D eigenvalue weighted by atomic mass is 10.2. The quantitative estimate of drug-likeness (QED) is 0.399. The first-order valence-corrected chi connectivity index (χ1v) is 8.08. The number of aromatic nitrogens is 4. The molecule has 4 aromatic rings. The topological polar surface area (TPSA) is 104 Å². The molecule has 0 spiro atoms. The maximum atomic E-state index is 11.0. The molecule has 2 heterocycles. The Morgan fingerprint density at radius 1 is 0.963 bits per heavy atom. The van der Waals surface area contributed by atoms with E-state index in [1.54, 1.807) is 49.6 Å². The molecular formula is C19H13N5O3. The van der Waals surface area contributed by atoms with Crippen LogP contribution in [0, 0.1) is 17.0 Å². The van der Waals surface area contributed by atoms with Crippen molar-refractivity contribution >= 4 is 16.7 Å². The number of fused-ring (bicyclic) bond motifs is 1. The molecule has 0 fully saturated rings. The number of nitro groups is 1. The van der Waals surface area contributed by atoms with Crippen LogP contribution in [0.25, 0.3) is 22.4 Å². The van der Waals surface area contributed by atoms with Crippen LogP contribution in [-0.4, -0.2) is 24.9 Å². The average molecular weight is 359 g/mol. The molecule has 0 unspecified atom stereocenters. The zero-order valence-electron chi connectivity index (χ0n) is 14.2. The minimum absolute atomic E-state index is 0.0202. The Bertz CT molecular complexity index is 1160. The van der Waals surface area contributed by atoms with Crippen molar-refractivity contribution in [3.63, 3.8) is 0 Å². The Hall–Kier alpha value is -3.94. The van der Waals surface area contributed by atoms with Gasteiger partial charge in [0, 0.05) is 47.9 Å². The highest BCUT2D eigenvalue weighted by atomic mass is 16.6. The van der Waals surface area contributed by atoms with E-state index in [1.165, 1.54) is 12.1 Å². The van der Waals surface area contributed by atoms with E-state index in [2.05, 4.69) is 19.9 Å². The Kier molecular flexibility index (Phi) is 4.13. The number of hydrogen-bond acceptors (Lipinski definition) is 7. The second-order valence-corrected chi connectivity index (χ2v) is 5.79. The third-order valence-electron chi connectivity index (χ3n) is 3.81. The van der Waals surface area contributed by atoms with Gasteiger partial charge in [-0.1, -0.05) is 12.1 Å². The third-order valence-corrected chi connectivity index (χ3v) is 3.81. The maximum Gasteiger partial charge on any atom is 0.270 e. The molecule has 0 saturated carbocycles. The lowest BCUT2D eigenvalue weighted by molar-refractivity contribution is -0.384. The fraction of sp³-hybridized carbons (Fsp3) is 0.0526. The Balaban J connectivity index is 1.69. The van der Waals surface area contributed by atoms with E-state index >= 15 is 0 Å². The van der Waals surface area contributed by atoms with Crippen molar-refractivity contribution in [1.29, 1.82) is 0 Å². The molecule has 0 radical (unpaired) electrons. The maximum absolute atomic E-state index is 11.0. The number of benzene rings is 2. The summed E-state index contributed by atoms with van der Waals surface area (Å²) in [5, 5.41) is 11.0. The number of nitro benzene ring substituents is 1. The highest BCUT2D eigenvalue weighted by Crippen LogP contribution is 2.26. The van der Waals surface area contributed by atoms with Gasteiger partial charge in [0.1, 0.15) is 5.75 Å². The summed E-state index contributed by atoms with van der Waals surface area (Å²) in [5.41, 5.74) is 2.68. The van der Waals surface area contributed by atoms with Crippen molar-refractivity contribution in [2.24, 2.45) is 0 Å². The van der Waals surface area contributed by atoms with Gasteiger partial charge < -0.3 is 4.74 Å². The van der Waals surface area contributed by atoms with E-state index in [0.717, 1.165) is 5.52 Å². The number of rotatable bonds is 4. The van der Waals surface area contributed by atoms with E-state index < -0.39 is 4.92 Å². The van der Waals surface area contributed by atoms with Gasteiger partial charge in [0.15, 0.2) is 5.82 Å². The van der Waals surface area contributed by atoms with Gasteiger partial charge in [-0.15, -0.1) is 0 Å². The van der Waals surface area contributed by atoms with Gasteiger partial charge in [0.2, 0.25) is 5.88 Å².